The molecule has 1 aromatic carbocycles. The highest BCUT2D eigenvalue weighted by Crippen LogP contribution is 2.18. The van der Waals surface area contributed by atoms with E-state index in [2.05, 4.69) is 26.9 Å². The monoisotopic (exact) mass is 294 g/mol. The minimum absolute atomic E-state index is 0. The number of carbonyl (C=O) groups excluding carboxylic acids is 1. The number of rotatable bonds is 2. The van der Waals surface area contributed by atoms with Crippen LogP contribution in [0.3, 0.4) is 0 Å². The zero-order valence-electron chi connectivity index (χ0n) is 11.8. The molecule has 3 N–H and O–H groups in total. The molecular weight excluding hydrogens is 276 g/mol. The molecule has 0 atom stereocenters. The number of nitrogens with one attached hydrogen (secondary N) is 3. The molecule has 0 aliphatic carbocycles. The van der Waals surface area contributed by atoms with Gasteiger partial charge in [-0.1, -0.05) is 24.1 Å². The number of carbonyl (C=O) groups is 1. The van der Waals surface area contributed by atoms with Crippen LogP contribution in [0.15, 0.2) is 23.2 Å². The smallest absolute Gasteiger partial charge is 0.326 e. The largest absolute Gasteiger partial charge is 0.345 e. The molecule has 0 aromatic heterocycles. The first-order valence-corrected chi connectivity index (χ1v) is 5.86. The van der Waals surface area contributed by atoms with E-state index in [0.29, 0.717) is 12.5 Å². The highest BCUT2D eigenvalue weighted by atomic mass is 35.5. The maximum atomic E-state index is 11.9. The van der Waals surface area contributed by atoms with Gasteiger partial charge in [-0.2, -0.15) is 0 Å². The van der Waals surface area contributed by atoms with Crippen LogP contribution in [0.1, 0.15) is 11.1 Å². The molecule has 1 aromatic rings. The third-order valence-electron chi connectivity index (χ3n) is 2.53. The van der Waals surface area contributed by atoms with Crippen LogP contribution in [0.25, 0.3) is 0 Å². The molecule has 0 spiro atoms. The molecule has 5 nitrogen and oxygen atoms in total. The van der Waals surface area contributed by atoms with Crippen molar-refractivity contribution >= 4 is 30.1 Å². The van der Waals surface area contributed by atoms with Crippen molar-refractivity contribution in [2.45, 2.75) is 13.8 Å². The number of benzene rings is 1. The molecule has 1 rings (SSSR count). The highest BCUT2D eigenvalue weighted by molar-refractivity contribution is 6.03. The number of guanidine groups is 1. The van der Waals surface area contributed by atoms with Crippen molar-refractivity contribution < 1.29 is 4.79 Å². The lowest BCUT2D eigenvalue weighted by Gasteiger charge is -2.13. The molecule has 0 fully saturated rings. The molecule has 0 radical (unpaired) electrons. The average molecular weight is 295 g/mol. The number of aryl methyl sites for hydroxylation is 2. The van der Waals surface area contributed by atoms with Gasteiger partial charge >= 0.3 is 6.03 Å². The van der Waals surface area contributed by atoms with E-state index in [1.165, 1.54) is 0 Å². The zero-order chi connectivity index (χ0) is 14.3. The second-order valence-corrected chi connectivity index (χ2v) is 3.98. The van der Waals surface area contributed by atoms with Gasteiger partial charge in [0.25, 0.3) is 0 Å². The van der Waals surface area contributed by atoms with E-state index in [1.807, 2.05) is 32.0 Å². The second kappa shape index (κ2) is 8.83. The minimum atomic E-state index is -0.359. The van der Waals surface area contributed by atoms with Gasteiger partial charge in [-0.25, -0.2) is 4.79 Å². The fourth-order valence-corrected chi connectivity index (χ4v) is 1.58. The lowest BCUT2D eigenvalue weighted by atomic mass is 10.1. The Balaban J connectivity index is 0.00000361. The van der Waals surface area contributed by atoms with Crippen LogP contribution < -0.4 is 16.0 Å². The van der Waals surface area contributed by atoms with E-state index in [4.69, 9.17) is 6.42 Å². The number of hydrogen-bond acceptors (Lipinski definition) is 2. The molecule has 6 heteroatoms. The number of halogens is 1. The zero-order valence-corrected chi connectivity index (χ0v) is 12.6. The Morgan fingerprint density at radius 3 is 2.45 bits per heavy atom. The molecule has 0 aliphatic heterocycles. The van der Waals surface area contributed by atoms with Crippen LogP contribution in [0.4, 0.5) is 10.5 Å². The van der Waals surface area contributed by atoms with Gasteiger partial charge in [-0.05, 0) is 25.0 Å². The van der Waals surface area contributed by atoms with Crippen LogP contribution in [-0.2, 0) is 0 Å². The van der Waals surface area contributed by atoms with Gasteiger partial charge in [-0.15, -0.1) is 18.8 Å². The predicted octanol–water partition coefficient (Wildman–Crippen LogP) is 2.06. The lowest BCUT2D eigenvalue weighted by Crippen LogP contribution is -2.43. The van der Waals surface area contributed by atoms with Crippen molar-refractivity contribution in [3.8, 4) is 12.3 Å². The third-order valence-corrected chi connectivity index (χ3v) is 2.53. The van der Waals surface area contributed by atoms with Crippen LogP contribution in [-0.4, -0.2) is 25.6 Å². The summed E-state index contributed by atoms with van der Waals surface area (Å²) in [7, 11) is 1.57. The first-order chi connectivity index (χ1) is 9.08. The summed E-state index contributed by atoms with van der Waals surface area (Å²) in [5.41, 5.74) is 2.80. The van der Waals surface area contributed by atoms with Gasteiger partial charge in [-0.3, -0.25) is 10.3 Å². The normalized spacial score (nSPS) is 10.0. The molecule has 0 heterocycles. The van der Waals surface area contributed by atoms with Crippen LogP contribution >= 0.6 is 12.4 Å². The fourth-order valence-electron chi connectivity index (χ4n) is 1.58. The summed E-state index contributed by atoms with van der Waals surface area (Å²) in [6.07, 6.45) is 5.13. The molecule has 2 amide bonds. The number of terminal acetylenes is 1. The molecule has 0 bridgehead atoms. The summed E-state index contributed by atoms with van der Waals surface area (Å²) >= 11 is 0. The number of urea groups is 1. The van der Waals surface area contributed by atoms with Crippen molar-refractivity contribution in [1.29, 1.82) is 0 Å². The van der Waals surface area contributed by atoms with E-state index in [9.17, 15) is 4.79 Å². The fraction of sp³-hybridized carbons (Fsp3) is 0.286. The maximum absolute atomic E-state index is 11.9. The Morgan fingerprint density at radius 1 is 1.35 bits per heavy atom. The minimum Gasteiger partial charge on any atom is -0.345 e. The van der Waals surface area contributed by atoms with E-state index in [0.717, 1.165) is 16.8 Å². The van der Waals surface area contributed by atoms with Gasteiger partial charge in [0, 0.05) is 12.7 Å². The van der Waals surface area contributed by atoms with Gasteiger partial charge in [0.2, 0.25) is 0 Å². The highest BCUT2D eigenvalue weighted by Gasteiger charge is 2.08. The summed E-state index contributed by atoms with van der Waals surface area (Å²) in [4.78, 5) is 15.7. The van der Waals surface area contributed by atoms with Crippen molar-refractivity contribution in [1.82, 2.24) is 10.6 Å². The van der Waals surface area contributed by atoms with Crippen molar-refractivity contribution in [3.63, 3.8) is 0 Å². The summed E-state index contributed by atoms with van der Waals surface area (Å²) < 4.78 is 0. The van der Waals surface area contributed by atoms with Crippen LogP contribution in [0.5, 0.6) is 0 Å². The Morgan fingerprint density at radius 2 is 1.95 bits per heavy atom. The van der Waals surface area contributed by atoms with Gasteiger partial charge in [0.05, 0.1) is 6.54 Å². The number of anilines is 1. The van der Waals surface area contributed by atoms with E-state index < -0.39 is 0 Å². The van der Waals surface area contributed by atoms with E-state index in [1.54, 1.807) is 7.05 Å². The average Bonchev–Trinajstić information content (AvgIpc) is 2.39. The standard InChI is InChI=1S/C14H18N4O.ClH/c1-5-9-16-13(15-4)18-14(19)17-12-10(2)7-6-8-11(12)3;/h1,6-8H,9H2,2-4H3,(H3,15,16,17,18,19);1H. The van der Waals surface area contributed by atoms with Crippen molar-refractivity contribution in [3.05, 3.63) is 29.3 Å². The van der Waals surface area contributed by atoms with Crippen molar-refractivity contribution in [2.24, 2.45) is 4.99 Å². The Hall–Kier alpha value is -2.19. The quantitative estimate of drug-likeness (QED) is 0.444. The molecule has 0 saturated heterocycles. The predicted molar refractivity (Wildman–Crippen MR) is 85.5 cm³/mol. The van der Waals surface area contributed by atoms with Gasteiger partial charge < -0.3 is 10.6 Å². The molecule has 0 aliphatic rings. The summed E-state index contributed by atoms with van der Waals surface area (Å²) in [5, 5.41) is 8.20. The lowest BCUT2D eigenvalue weighted by molar-refractivity contribution is 0.256. The number of amides is 2. The number of nitrogens with zero attached hydrogens (tertiary/aromatic N) is 1. The number of hydrogen-bond donors (Lipinski definition) is 3. The molecule has 0 unspecified atom stereocenters. The Bertz CT molecular complexity index is 514. The molecule has 20 heavy (non-hydrogen) atoms. The molecule has 0 saturated carbocycles. The van der Waals surface area contributed by atoms with Gasteiger partial charge in [0.1, 0.15) is 0 Å². The molecular formula is C14H19ClN4O. The summed E-state index contributed by atoms with van der Waals surface area (Å²) in [6, 6.07) is 5.46. The topological polar surface area (TPSA) is 65.5 Å². The maximum Gasteiger partial charge on any atom is 0.326 e. The number of para-hydroxylation sites is 1. The van der Waals surface area contributed by atoms with Crippen LogP contribution in [0.2, 0.25) is 0 Å². The van der Waals surface area contributed by atoms with E-state index >= 15 is 0 Å². The second-order valence-electron chi connectivity index (χ2n) is 3.98. The van der Waals surface area contributed by atoms with E-state index in [-0.39, 0.29) is 18.4 Å². The molecule has 108 valence electrons. The first-order valence-electron chi connectivity index (χ1n) is 5.86. The Kier molecular flexibility index (Phi) is 7.87. The number of aliphatic imine (C=N–C) groups is 1. The Labute approximate surface area is 125 Å². The summed E-state index contributed by atoms with van der Waals surface area (Å²) in [6.45, 7) is 4.18. The van der Waals surface area contributed by atoms with Gasteiger partial charge in [0.15, 0.2) is 5.96 Å². The van der Waals surface area contributed by atoms with Crippen LogP contribution in [0, 0.1) is 26.2 Å². The van der Waals surface area contributed by atoms with Crippen molar-refractivity contribution in [2.75, 3.05) is 18.9 Å². The SMILES string of the molecule is C#CCNC(=NC)NC(=O)Nc1c(C)cccc1C.Cl. The summed E-state index contributed by atoms with van der Waals surface area (Å²) in [5.74, 6) is 2.74. The third kappa shape index (κ3) is 5.21. The first kappa shape index (κ1) is 17.8.